The Hall–Kier alpha value is -1.25. The van der Waals surface area contributed by atoms with Crippen LogP contribution in [0, 0.1) is 22.7 Å². The highest BCUT2D eigenvalue weighted by molar-refractivity contribution is 9.10. The average Bonchev–Trinajstić information content (AvgIpc) is 2.89. The van der Waals surface area contributed by atoms with Crippen molar-refractivity contribution in [2.75, 3.05) is 13.2 Å². The van der Waals surface area contributed by atoms with Crippen LogP contribution in [0.4, 0.5) is 0 Å². The fraction of sp³-hybridized carbons (Fsp3) is 0.562. The molecule has 1 N–H and O–H groups in total. The number of hydrogen-bond acceptors (Lipinski definition) is 4. The Morgan fingerprint density at radius 2 is 2.19 bits per heavy atom. The predicted molar refractivity (Wildman–Crippen MR) is 81.2 cm³/mol. The molecule has 0 saturated heterocycles. The van der Waals surface area contributed by atoms with Crippen LogP contribution in [0.5, 0.6) is 11.5 Å². The Bertz CT molecular complexity index is 598. The number of halogens is 1. The molecule has 4 nitrogen and oxygen atoms in total. The third-order valence-corrected chi connectivity index (χ3v) is 5.07. The number of aliphatic hydroxyl groups excluding tert-OH is 1. The van der Waals surface area contributed by atoms with Gasteiger partial charge in [-0.25, -0.2) is 0 Å². The minimum atomic E-state index is -0.806. The summed E-state index contributed by atoms with van der Waals surface area (Å²) in [6, 6.07) is 6.00. The molecule has 3 rings (SSSR count). The minimum Gasteiger partial charge on any atom is -0.486 e. The molecule has 1 saturated carbocycles. The molecule has 0 spiro atoms. The third kappa shape index (κ3) is 2.51. The summed E-state index contributed by atoms with van der Waals surface area (Å²) in [5.74, 6) is 1.77. The summed E-state index contributed by atoms with van der Waals surface area (Å²) in [4.78, 5) is 0. The Morgan fingerprint density at radius 1 is 1.43 bits per heavy atom. The molecule has 21 heavy (non-hydrogen) atoms. The first kappa shape index (κ1) is 14.7. The van der Waals surface area contributed by atoms with E-state index in [0.29, 0.717) is 36.2 Å². The van der Waals surface area contributed by atoms with E-state index in [1.54, 1.807) is 6.07 Å². The lowest BCUT2D eigenvalue weighted by molar-refractivity contribution is 0.0640. The van der Waals surface area contributed by atoms with E-state index in [2.05, 4.69) is 28.9 Å². The van der Waals surface area contributed by atoms with Crippen molar-refractivity contribution in [3.63, 3.8) is 0 Å². The molecule has 1 fully saturated rings. The number of nitrogens with zero attached hydrogens (tertiary/aromatic N) is 1. The molecule has 1 aromatic carbocycles. The normalized spacial score (nSPS) is 29.0. The highest BCUT2D eigenvalue weighted by Crippen LogP contribution is 2.51. The van der Waals surface area contributed by atoms with Crippen molar-refractivity contribution in [3.05, 3.63) is 22.2 Å². The Labute approximate surface area is 132 Å². The largest absolute Gasteiger partial charge is 0.486 e. The number of benzene rings is 1. The zero-order chi connectivity index (χ0) is 15.0. The maximum atomic E-state index is 10.8. The quantitative estimate of drug-likeness (QED) is 0.884. The van der Waals surface area contributed by atoms with E-state index in [4.69, 9.17) is 9.47 Å². The zero-order valence-corrected chi connectivity index (χ0v) is 13.5. The van der Waals surface area contributed by atoms with Crippen LogP contribution in [0.1, 0.15) is 37.9 Å². The van der Waals surface area contributed by atoms with E-state index in [-0.39, 0.29) is 0 Å². The molecule has 0 bridgehead atoms. The van der Waals surface area contributed by atoms with Crippen molar-refractivity contribution in [1.82, 2.24) is 0 Å². The summed E-state index contributed by atoms with van der Waals surface area (Å²) >= 11 is 3.46. The van der Waals surface area contributed by atoms with Gasteiger partial charge in [0.05, 0.1) is 22.1 Å². The van der Waals surface area contributed by atoms with Crippen LogP contribution in [0.25, 0.3) is 0 Å². The zero-order valence-electron chi connectivity index (χ0n) is 11.9. The van der Waals surface area contributed by atoms with Gasteiger partial charge in [-0.3, -0.25) is 0 Å². The molecular weight excluding hydrogens is 334 g/mol. The number of fused-ring (bicyclic) bond motifs is 1. The summed E-state index contributed by atoms with van der Waals surface area (Å²) < 4.78 is 11.9. The molecule has 2 aliphatic rings. The maximum absolute atomic E-state index is 10.8. The average molecular weight is 352 g/mol. The standard InChI is InChI=1S/C16H18BrNO3/c1-10-2-3-16(8-10,9-18)15(19)11-6-12(17)14-13(7-11)20-4-5-21-14/h6-7,10,15,19H,2-5,8H2,1H3. The second-order valence-corrected chi connectivity index (χ2v) is 6.90. The van der Waals surface area contributed by atoms with Gasteiger partial charge in [0.25, 0.3) is 0 Å². The van der Waals surface area contributed by atoms with Gasteiger partial charge in [0.1, 0.15) is 13.2 Å². The highest BCUT2D eigenvalue weighted by atomic mass is 79.9. The minimum absolute atomic E-state index is 0.472. The molecule has 0 aromatic heterocycles. The SMILES string of the molecule is CC1CCC(C#N)(C(O)c2cc(Br)c3c(c2)OCCO3)C1. The van der Waals surface area contributed by atoms with Crippen LogP contribution < -0.4 is 9.47 Å². The Balaban J connectivity index is 1.97. The molecular formula is C16H18BrNO3. The van der Waals surface area contributed by atoms with Crippen LogP contribution >= 0.6 is 15.9 Å². The maximum Gasteiger partial charge on any atom is 0.175 e. The van der Waals surface area contributed by atoms with Crippen LogP contribution in [0.15, 0.2) is 16.6 Å². The molecule has 3 atom stereocenters. The lowest BCUT2D eigenvalue weighted by Crippen LogP contribution is -2.25. The number of hydrogen-bond donors (Lipinski definition) is 1. The molecule has 112 valence electrons. The van der Waals surface area contributed by atoms with Gasteiger partial charge in [-0.2, -0.15) is 5.26 Å². The number of rotatable bonds is 2. The van der Waals surface area contributed by atoms with Gasteiger partial charge in [-0.05, 0) is 58.8 Å². The monoisotopic (exact) mass is 351 g/mol. The Morgan fingerprint density at radius 3 is 2.86 bits per heavy atom. The lowest BCUT2D eigenvalue weighted by Gasteiger charge is -2.29. The van der Waals surface area contributed by atoms with Gasteiger partial charge in [0.2, 0.25) is 0 Å². The summed E-state index contributed by atoms with van der Waals surface area (Å²) in [5.41, 5.74) is 0.0181. The molecule has 1 heterocycles. The van der Waals surface area contributed by atoms with Gasteiger partial charge >= 0.3 is 0 Å². The predicted octanol–water partition coefficient (Wildman–Crippen LogP) is 3.58. The van der Waals surface area contributed by atoms with Crippen molar-refractivity contribution in [2.24, 2.45) is 11.3 Å². The van der Waals surface area contributed by atoms with E-state index in [0.717, 1.165) is 23.7 Å². The van der Waals surface area contributed by atoms with Gasteiger partial charge < -0.3 is 14.6 Å². The van der Waals surface area contributed by atoms with Gasteiger partial charge in [0, 0.05) is 0 Å². The summed E-state index contributed by atoms with van der Waals surface area (Å²) in [5, 5.41) is 20.4. The molecule has 0 radical (unpaired) electrons. The molecule has 1 aliphatic carbocycles. The van der Waals surface area contributed by atoms with Crippen molar-refractivity contribution in [2.45, 2.75) is 32.3 Å². The third-order valence-electron chi connectivity index (χ3n) is 4.48. The number of aliphatic hydroxyl groups is 1. The van der Waals surface area contributed by atoms with Crippen LogP contribution in [0.2, 0.25) is 0 Å². The van der Waals surface area contributed by atoms with Crippen molar-refractivity contribution in [1.29, 1.82) is 5.26 Å². The molecule has 1 aliphatic heterocycles. The van der Waals surface area contributed by atoms with Crippen molar-refractivity contribution >= 4 is 15.9 Å². The molecule has 3 unspecified atom stereocenters. The number of nitriles is 1. The second kappa shape index (κ2) is 5.51. The first-order valence-corrected chi connectivity index (χ1v) is 8.03. The van der Waals surface area contributed by atoms with Crippen LogP contribution in [-0.2, 0) is 0 Å². The Kier molecular flexibility index (Phi) is 3.85. The summed E-state index contributed by atoms with van der Waals surface area (Å²) in [6.07, 6.45) is 1.64. The van der Waals surface area contributed by atoms with Crippen molar-refractivity contribution in [3.8, 4) is 17.6 Å². The van der Waals surface area contributed by atoms with E-state index in [1.807, 2.05) is 6.07 Å². The molecule has 0 amide bonds. The van der Waals surface area contributed by atoms with E-state index in [1.165, 1.54) is 0 Å². The number of ether oxygens (including phenoxy) is 2. The first-order valence-electron chi connectivity index (χ1n) is 7.24. The van der Waals surface area contributed by atoms with Crippen molar-refractivity contribution < 1.29 is 14.6 Å². The highest BCUT2D eigenvalue weighted by Gasteiger charge is 2.44. The van der Waals surface area contributed by atoms with E-state index >= 15 is 0 Å². The smallest absolute Gasteiger partial charge is 0.175 e. The fourth-order valence-corrected chi connectivity index (χ4v) is 3.92. The lowest BCUT2D eigenvalue weighted by atomic mass is 9.78. The topological polar surface area (TPSA) is 62.5 Å². The second-order valence-electron chi connectivity index (χ2n) is 6.05. The van der Waals surface area contributed by atoms with Gasteiger partial charge in [-0.1, -0.05) is 6.92 Å². The first-order chi connectivity index (χ1) is 10.1. The van der Waals surface area contributed by atoms with E-state index < -0.39 is 11.5 Å². The van der Waals surface area contributed by atoms with Gasteiger partial charge in [-0.15, -0.1) is 0 Å². The van der Waals surface area contributed by atoms with Crippen LogP contribution in [-0.4, -0.2) is 18.3 Å². The van der Waals surface area contributed by atoms with Gasteiger partial charge in [0.15, 0.2) is 11.5 Å². The summed E-state index contributed by atoms with van der Waals surface area (Å²) in [7, 11) is 0. The summed E-state index contributed by atoms with van der Waals surface area (Å²) in [6.45, 7) is 3.15. The van der Waals surface area contributed by atoms with E-state index in [9.17, 15) is 10.4 Å². The fourth-order valence-electron chi connectivity index (χ4n) is 3.35. The molecule has 5 heteroatoms. The molecule has 1 aromatic rings. The van der Waals surface area contributed by atoms with Crippen LogP contribution in [0.3, 0.4) is 0 Å².